The number of H-pyrrole nitrogens is 1. The Balaban J connectivity index is 2.01. The molecule has 25 heavy (non-hydrogen) atoms. The maximum absolute atomic E-state index is 12.4. The van der Waals surface area contributed by atoms with E-state index >= 15 is 0 Å². The van der Waals surface area contributed by atoms with Crippen LogP contribution in [0.4, 0.5) is 0 Å². The molecule has 1 atom stereocenters. The molecule has 1 aliphatic heterocycles. The molecule has 6 heteroatoms. The van der Waals surface area contributed by atoms with Gasteiger partial charge in [0.15, 0.2) is 11.2 Å². The van der Waals surface area contributed by atoms with Gasteiger partial charge in [0, 0.05) is 44.5 Å². The number of hydrogen-bond donors (Lipinski definition) is 1. The number of aromatic nitrogens is 2. The van der Waals surface area contributed by atoms with E-state index in [1.54, 1.807) is 19.2 Å². The topological polar surface area (TPSA) is 73.3 Å². The average Bonchev–Trinajstić information content (AvgIpc) is 2.58. The third kappa shape index (κ3) is 3.54. The Kier molecular flexibility index (Phi) is 5.08. The van der Waals surface area contributed by atoms with Crippen molar-refractivity contribution < 1.29 is 9.47 Å². The van der Waals surface area contributed by atoms with E-state index in [1.165, 1.54) is 0 Å². The predicted molar refractivity (Wildman–Crippen MR) is 96.3 cm³/mol. The molecule has 0 aromatic carbocycles. The zero-order chi connectivity index (χ0) is 18.0. The summed E-state index contributed by atoms with van der Waals surface area (Å²) in [4.78, 5) is 27.1. The van der Waals surface area contributed by atoms with Crippen molar-refractivity contribution in [2.24, 2.45) is 5.92 Å². The zero-order valence-corrected chi connectivity index (χ0v) is 14.9. The van der Waals surface area contributed by atoms with Gasteiger partial charge in [-0.05, 0) is 24.0 Å². The van der Waals surface area contributed by atoms with Crippen LogP contribution in [0.2, 0.25) is 0 Å². The van der Waals surface area contributed by atoms with Crippen molar-refractivity contribution in [1.82, 2.24) is 9.55 Å². The number of ether oxygens (including phenoxy) is 2. The zero-order valence-electron chi connectivity index (χ0n) is 14.9. The van der Waals surface area contributed by atoms with E-state index in [0.717, 1.165) is 24.1 Å². The van der Waals surface area contributed by atoms with Crippen molar-refractivity contribution in [1.29, 1.82) is 0 Å². The van der Waals surface area contributed by atoms with Crippen LogP contribution in [0.5, 0.6) is 5.75 Å². The molecule has 134 valence electrons. The van der Waals surface area contributed by atoms with E-state index in [2.05, 4.69) is 23.4 Å². The van der Waals surface area contributed by atoms with Crippen LogP contribution in [0.15, 0.2) is 34.0 Å². The Morgan fingerprint density at radius 3 is 2.80 bits per heavy atom. The first-order chi connectivity index (χ1) is 12.0. The van der Waals surface area contributed by atoms with E-state index in [9.17, 15) is 9.59 Å². The molecular weight excluding hydrogens is 320 g/mol. The molecule has 0 radical (unpaired) electrons. The molecule has 3 heterocycles. The summed E-state index contributed by atoms with van der Waals surface area (Å²) in [6.45, 7) is 5.34. The maximum atomic E-state index is 12.4. The quantitative estimate of drug-likeness (QED) is 0.817. The van der Waals surface area contributed by atoms with Gasteiger partial charge in [0.1, 0.15) is 0 Å². The molecule has 2 aromatic rings. The van der Waals surface area contributed by atoms with Crippen molar-refractivity contribution in [3.63, 3.8) is 0 Å². The molecule has 0 aliphatic carbocycles. The maximum Gasteiger partial charge on any atom is 0.290 e. The van der Waals surface area contributed by atoms with E-state index in [4.69, 9.17) is 9.47 Å². The van der Waals surface area contributed by atoms with Crippen LogP contribution in [-0.4, -0.2) is 29.9 Å². The van der Waals surface area contributed by atoms with Crippen LogP contribution in [0.3, 0.4) is 0 Å². The average molecular weight is 344 g/mol. The van der Waals surface area contributed by atoms with Crippen LogP contribution in [0, 0.1) is 5.92 Å². The van der Waals surface area contributed by atoms with E-state index in [0.29, 0.717) is 30.6 Å². The molecule has 1 unspecified atom stereocenters. The molecule has 0 amide bonds. The van der Waals surface area contributed by atoms with Crippen LogP contribution < -0.4 is 15.7 Å². The normalized spacial score (nSPS) is 15.8. The fraction of sp³-hybridized carbons (Fsp3) is 0.474. The number of methoxy groups -OCH3 is 1. The molecule has 0 fully saturated rings. The lowest BCUT2D eigenvalue weighted by molar-refractivity contribution is 0.171. The third-order valence-electron chi connectivity index (χ3n) is 4.61. The van der Waals surface area contributed by atoms with Gasteiger partial charge < -0.3 is 19.0 Å². The lowest BCUT2D eigenvalue weighted by atomic mass is 9.90. The first-order valence-electron chi connectivity index (χ1n) is 8.61. The Labute approximate surface area is 146 Å². The summed E-state index contributed by atoms with van der Waals surface area (Å²) in [6.07, 6.45) is 3.33. The van der Waals surface area contributed by atoms with Crippen molar-refractivity contribution in [2.45, 2.75) is 32.7 Å². The molecule has 6 nitrogen and oxygen atoms in total. The highest BCUT2D eigenvalue weighted by Crippen LogP contribution is 2.36. The standard InChI is InChI=1S/C19H24N2O4/c1-12(2)15-9-13-10-17(25-8-4-7-24-3)19(23)20-18(13)16-11-14(22)5-6-21(15)16/h5-6,10-12,15H,4,7-9H2,1-3H3,(H,20,23). The van der Waals surface area contributed by atoms with Gasteiger partial charge in [0.25, 0.3) is 5.56 Å². The molecule has 0 bridgehead atoms. The number of hydrogen-bond acceptors (Lipinski definition) is 4. The number of pyridine rings is 2. The Morgan fingerprint density at radius 2 is 2.08 bits per heavy atom. The van der Waals surface area contributed by atoms with Crippen LogP contribution in [-0.2, 0) is 11.2 Å². The first-order valence-corrected chi connectivity index (χ1v) is 8.61. The SMILES string of the molecule is COCCCOc1cc2c([nH]c1=O)-c1cc(=O)ccn1C(C(C)C)C2. The minimum absolute atomic E-state index is 0.0673. The van der Waals surface area contributed by atoms with E-state index in [-0.39, 0.29) is 17.0 Å². The van der Waals surface area contributed by atoms with Gasteiger partial charge in [0.2, 0.25) is 0 Å². The van der Waals surface area contributed by atoms with Crippen LogP contribution in [0.25, 0.3) is 11.4 Å². The highest BCUT2D eigenvalue weighted by Gasteiger charge is 2.27. The van der Waals surface area contributed by atoms with Gasteiger partial charge in [-0.25, -0.2) is 0 Å². The third-order valence-corrected chi connectivity index (χ3v) is 4.61. The van der Waals surface area contributed by atoms with Crippen molar-refractivity contribution in [3.8, 4) is 17.1 Å². The highest BCUT2D eigenvalue weighted by atomic mass is 16.5. The van der Waals surface area contributed by atoms with Gasteiger partial charge in [-0.3, -0.25) is 9.59 Å². The molecular formula is C19H24N2O4. The number of nitrogens with zero attached hydrogens (tertiary/aromatic N) is 1. The van der Waals surface area contributed by atoms with Gasteiger partial charge in [0.05, 0.1) is 18.0 Å². The van der Waals surface area contributed by atoms with Crippen molar-refractivity contribution in [2.75, 3.05) is 20.3 Å². The van der Waals surface area contributed by atoms with E-state index in [1.807, 2.05) is 12.3 Å². The molecule has 1 N–H and O–H groups in total. The summed E-state index contributed by atoms with van der Waals surface area (Å²) in [5, 5.41) is 0. The second-order valence-corrected chi connectivity index (χ2v) is 6.73. The predicted octanol–water partition coefficient (Wildman–Crippen LogP) is 2.37. The van der Waals surface area contributed by atoms with Gasteiger partial charge in [-0.15, -0.1) is 0 Å². The minimum Gasteiger partial charge on any atom is -0.488 e. The van der Waals surface area contributed by atoms with Crippen LogP contribution >= 0.6 is 0 Å². The number of rotatable bonds is 6. The fourth-order valence-corrected chi connectivity index (χ4v) is 3.30. The lowest BCUT2D eigenvalue weighted by Crippen LogP contribution is -2.27. The minimum atomic E-state index is -0.276. The highest BCUT2D eigenvalue weighted by molar-refractivity contribution is 5.62. The van der Waals surface area contributed by atoms with Crippen molar-refractivity contribution in [3.05, 3.63) is 50.5 Å². The first kappa shape index (κ1) is 17.5. The summed E-state index contributed by atoms with van der Waals surface area (Å²) >= 11 is 0. The fourth-order valence-electron chi connectivity index (χ4n) is 3.30. The Bertz CT molecular complexity index is 866. The number of fused-ring (bicyclic) bond motifs is 3. The van der Waals surface area contributed by atoms with Crippen molar-refractivity contribution >= 4 is 0 Å². The molecule has 3 rings (SSSR count). The molecule has 0 spiro atoms. The summed E-state index contributed by atoms with van der Waals surface area (Å²) in [5.74, 6) is 0.719. The van der Waals surface area contributed by atoms with Gasteiger partial charge in [-0.1, -0.05) is 13.8 Å². The molecule has 0 saturated heterocycles. The van der Waals surface area contributed by atoms with Crippen LogP contribution in [0.1, 0.15) is 31.9 Å². The number of nitrogens with one attached hydrogen (secondary N) is 1. The molecule has 1 aliphatic rings. The van der Waals surface area contributed by atoms with Gasteiger partial charge in [-0.2, -0.15) is 0 Å². The summed E-state index contributed by atoms with van der Waals surface area (Å²) in [7, 11) is 1.64. The monoisotopic (exact) mass is 344 g/mol. The second-order valence-electron chi connectivity index (χ2n) is 6.73. The summed E-state index contributed by atoms with van der Waals surface area (Å²) in [5.41, 5.74) is 2.13. The lowest BCUT2D eigenvalue weighted by Gasteiger charge is -2.32. The van der Waals surface area contributed by atoms with E-state index < -0.39 is 0 Å². The largest absolute Gasteiger partial charge is 0.488 e. The summed E-state index contributed by atoms with van der Waals surface area (Å²) in [6, 6.07) is 5.20. The van der Waals surface area contributed by atoms with Gasteiger partial charge >= 0.3 is 0 Å². The smallest absolute Gasteiger partial charge is 0.290 e. The molecule has 2 aromatic heterocycles. The summed E-state index contributed by atoms with van der Waals surface area (Å²) < 4.78 is 12.7. The molecule has 0 saturated carbocycles. The Morgan fingerprint density at radius 1 is 1.28 bits per heavy atom. The number of aromatic amines is 1. The Hall–Kier alpha value is -2.34. The second kappa shape index (κ2) is 7.27.